The summed E-state index contributed by atoms with van der Waals surface area (Å²) in [5.41, 5.74) is 3.12. The molecule has 17 heavy (non-hydrogen) atoms. The summed E-state index contributed by atoms with van der Waals surface area (Å²) in [6.45, 7) is 0. The molecule has 0 atom stereocenters. The Morgan fingerprint density at radius 3 is 2.41 bits per heavy atom. The monoisotopic (exact) mass is 236 g/mol. The first-order chi connectivity index (χ1) is 8.36. The standard InChI is InChI=1S/C15H8OS/c16-14-12-6-2-4-9-3-1-5-10(13(9)12)11-7-8-17-15(11)14/h1-8H. The lowest BCUT2D eigenvalue weighted by atomic mass is 9.87. The molecular weight excluding hydrogens is 228 g/mol. The number of carbonyl (C=O) groups is 1. The highest BCUT2D eigenvalue weighted by atomic mass is 32.1. The van der Waals surface area contributed by atoms with Gasteiger partial charge in [-0.1, -0.05) is 36.4 Å². The Morgan fingerprint density at radius 1 is 0.824 bits per heavy atom. The van der Waals surface area contributed by atoms with Crippen LogP contribution in [0.3, 0.4) is 0 Å². The zero-order valence-electron chi connectivity index (χ0n) is 8.94. The van der Waals surface area contributed by atoms with E-state index in [0.717, 1.165) is 26.8 Å². The topological polar surface area (TPSA) is 17.1 Å². The highest BCUT2D eigenvalue weighted by molar-refractivity contribution is 7.13. The lowest BCUT2D eigenvalue weighted by Gasteiger charge is -2.16. The first kappa shape index (κ1) is 9.14. The molecule has 0 bridgehead atoms. The van der Waals surface area contributed by atoms with Crippen LogP contribution < -0.4 is 0 Å². The minimum atomic E-state index is 0.166. The Hall–Kier alpha value is -1.93. The third-order valence-corrected chi connectivity index (χ3v) is 4.22. The molecule has 0 radical (unpaired) electrons. The molecule has 0 saturated heterocycles. The third kappa shape index (κ3) is 1.06. The number of hydrogen-bond donors (Lipinski definition) is 0. The fraction of sp³-hybridized carbons (Fsp3) is 0. The second kappa shape index (κ2) is 3.05. The van der Waals surface area contributed by atoms with Crippen LogP contribution in [0, 0.1) is 0 Å². The predicted molar refractivity (Wildman–Crippen MR) is 70.7 cm³/mol. The van der Waals surface area contributed by atoms with E-state index >= 15 is 0 Å². The first-order valence-corrected chi connectivity index (χ1v) is 6.38. The number of thiophene rings is 1. The largest absolute Gasteiger partial charge is 0.288 e. The average molecular weight is 236 g/mol. The Morgan fingerprint density at radius 2 is 1.59 bits per heavy atom. The van der Waals surface area contributed by atoms with Gasteiger partial charge in [-0.3, -0.25) is 4.79 Å². The summed E-state index contributed by atoms with van der Waals surface area (Å²) >= 11 is 1.53. The van der Waals surface area contributed by atoms with E-state index in [2.05, 4.69) is 24.3 Å². The van der Waals surface area contributed by atoms with Gasteiger partial charge >= 0.3 is 0 Å². The Balaban J connectivity index is 2.31. The maximum Gasteiger partial charge on any atom is 0.204 e. The van der Waals surface area contributed by atoms with Crippen molar-refractivity contribution in [1.82, 2.24) is 0 Å². The number of fused-ring (bicyclic) bond motifs is 2. The third-order valence-electron chi connectivity index (χ3n) is 3.31. The molecule has 1 nitrogen and oxygen atoms in total. The zero-order chi connectivity index (χ0) is 11.4. The average Bonchev–Trinajstić information content (AvgIpc) is 2.85. The molecule has 0 unspecified atom stereocenters. The van der Waals surface area contributed by atoms with E-state index in [9.17, 15) is 4.79 Å². The van der Waals surface area contributed by atoms with Gasteiger partial charge in [0, 0.05) is 16.5 Å². The van der Waals surface area contributed by atoms with E-state index in [0.29, 0.717) is 0 Å². The predicted octanol–water partition coefficient (Wildman–Crippen LogP) is 4.11. The number of rotatable bonds is 0. The van der Waals surface area contributed by atoms with Gasteiger partial charge in [0.15, 0.2) is 0 Å². The van der Waals surface area contributed by atoms with Crippen molar-refractivity contribution < 1.29 is 4.79 Å². The van der Waals surface area contributed by atoms with Gasteiger partial charge in [-0.25, -0.2) is 0 Å². The summed E-state index contributed by atoms with van der Waals surface area (Å²) in [7, 11) is 0. The smallest absolute Gasteiger partial charge is 0.204 e. The van der Waals surface area contributed by atoms with Crippen LogP contribution in [-0.4, -0.2) is 5.78 Å². The van der Waals surface area contributed by atoms with Crippen LogP contribution in [0.1, 0.15) is 15.2 Å². The van der Waals surface area contributed by atoms with Gasteiger partial charge in [-0.05, 0) is 22.4 Å². The minimum absolute atomic E-state index is 0.166. The van der Waals surface area contributed by atoms with Gasteiger partial charge in [0.2, 0.25) is 5.78 Å². The van der Waals surface area contributed by atoms with Crippen molar-refractivity contribution in [2.45, 2.75) is 0 Å². The molecule has 0 aliphatic heterocycles. The van der Waals surface area contributed by atoms with Crippen LogP contribution >= 0.6 is 11.3 Å². The molecule has 3 aromatic rings. The van der Waals surface area contributed by atoms with E-state index in [4.69, 9.17) is 0 Å². The molecule has 80 valence electrons. The highest BCUT2D eigenvalue weighted by Crippen LogP contribution is 2.41. The number of hydrogen-bond acceptors (Lipinski definition) is 2. The van der Waals surface area contributed by atoms with Crippen LogP contribution in [-0.2, 0) is 0 Å². The molecule has 2 heteroatoms. The molecule has 0 saturated carbocycles. The van der Waals surface area contributed by atoms with Crippen LogP contribution in [0.2, 0.25) is 0 Å². The van der Waals surface area contributed by atoms with Crippen LogP contribution in [0.15, 0.2) is 47.8 Å². The van der Waals surface area contributed by atoms with Crippen molar-refractivity contribution in [2.75, 3.05) is 0 Å². The summed E-state index contributed by atoms with van der Waals surface area (Å²) in [6, 6.07) is 14.2. The summed E-state index contributed by atoms with van der Waals surface area (Å²) in [4.78, 5) is 13.2. The van der Waals surface area contributed by atoms with E-state index in [1.807, 2.05) is 23.6 Å². The normalized spacial score (nSPS) is 12.8. The van der Waals surface area contributed by atoms with Gasteiger partial charge < -0.3 is 0 Å². The van der Waals surface area contributed by atoms with Crippen molar-refractivity contribution in [1.29, 1.82) is 0 Å². The summed E-state index contributed by atoms with van der Waals surface area (Å²) in [6.07, 6.45) is 0. The molecule has 0 fully saturated rings. The summed E-state index contributed by atoms with van der Waals surface area (Å²) < 4.78 is 0. The fourth-order valence-electron chi connectivity index (χ4n) is 2.57. The van der Waals surface area contributed by atoms with Crippen molar-refractivity contribution in [3.05, 3.63) is 58.3 Å². The summed E-state index contributed by atoms with van der Waals surface area (Å²) in [5, 5.41) is 4.24. The maximum absolute atomic E-state index is 12.4. The second-order valence-electron chi connectivity index (χ2n) is 4.20. The van der Waals surface area contributed by atoms with Crippen LogP contribution in [0.4, 0.5) is 0 Å². The molecule has 2 aromatic carbocycles. The van der Waals surface area contributed by atoms with E-state index in [1.54, 1.807) is 0 Å². The number of ketones is 1. The van der Waals surface area contributed by atoms with Gasteiger partial charge in [0.05, 0.1) is 4.88 Å². The number of benzene rings is 2. The maximum atomic E-state index is 12.4. The van der Waals surface area contributed by atoms with Gasteiger partial charge in [-0.2, -0.15) is 0 Å². The van der Waals surface area contributed by atoms with Gasteiger partial charge in [0.25, 0.3) is 0 Å². The molecule has 1 aromatic heterocycles. The molecule has 0 amide bonds. The molecular formula is C15H8OS. The van der Waals surface area contributed by atoms with Crippen LogP contribution in [0.25, 0.3) is 21.9 Å². The molecule has 1 aliphatic carbocycles. The van der Waals surface area contributed by atoms with E-state index in [-0.39, 0.29) is 5.78 Å². The van der Waals surface area contributed by atoms with Crippen molar-refractivity contribution in [3.8, 4) is 11.1 Å². The first-order valence-electron chi connectivity index (χ1n) is 5.50. The van der Waals surface area contributed by atoms with Crippen molar-refractivity contribution in [2.24, 2.45) is 0 Å². The Kier molecular flexibility index (Phi) is 1.64. The quantitative estimate of drug-likeness (QED) is 0.449. The van der Waals surface area contributed by atoms with Crippen LogP contribution in [0.5, 0.6) is 0 Å². The van der Waals surface area contributed by atoms with Crippen molar-refractivity contribution >= 4 is 27.9 Å². The SMILES string of the molecule is O=C1c2sccc2-c2cccc3cccc1c23. The zero-order valence-corrected chi connectivity index (χ0v) is 9.75. The number of carbonyl (C=O) groups excluding carboxylic acids is 1. The van der Waals surface area contributed by atoms with Crippen molar-refractivity contribution in [3.63, 3.8) is 0 Å². The Labute approximate surface area is 102 Å². The second-order valence-corrected chi connectivity index (χ2v) is 5.12. The lowest BCUT2D eigenvalue weighted by molar-refractivity contribution is 0.104. The molecule has 0 N–H and O–H groups in total. The minimum Gasteiger partial charge on any atom is -0.288 e. The highest BCUT2D eigenvalue weighted by Gasteiger charge is 2.25. The van der Waals surface area contributed by atoms with E-state index < -0.39 is 0 Å². The molecule has 0 spiro atoms. The fourth-order valence-corrected chi connectivity index (χ4v) is 3.44. The molecule has 1 heterocycles. The van der Waals surface area contributed by atoms with Gasteiger partial charge in [-0.15, -0.1) is 11.3 Å². The summed E-state index contributed by atoms with van der Waals surface area (Å²) in [5.74, 6) is 0.166. The Bertz CT molecular complexity index is 762. The lowest BCUT2D eigenvalue weighted by Crippen LogP contribution is -2.06. The molecule has 1 aliphatic rings. The van der Waals surface area contributed by atoms with Gasteiger partial charge in [0.1, 0.15) is 0 Å². The van der Waals surface area contributed by atoms with E-state index in [1.165, 1.54) is 16.9 Å². The molecule has 4 rings (SSSR count).